The minimum atomic E-state index is -0.672. The smallest absolute Gasteiger partial charge is 0.259 e. The number of rotatable bonds is 1. The number of hydrogen-bond donors (Lipinski definition) is 1. The number of halogens is 1. The number of nitrogens with zero attached hydrogens (tertiary/aromatic N) is 1. The summed E-state index contributed by atoms with van der Waals surface area (Å²) in [5.41, 5.74) is 0. The normalized spacial score (nSPS) is 9.40. The number of ether oxygens (including phenoxy) is 1. The topological polar surface area (TPSA) is 42.4 Å². The van der Waals surface area contributed by atoms with Crippen LogP contribution < -0.4 is 4.74 Å². The molecular formula is C6H6FNO2. The Labute approximate surface area is 57.1 Å². The van der Waals surface area contributed by atoms with Gasteiger partial charge >= 0.3 is 0 Å². The van der Waals surface area contributed by atoms with Gasteiger partial charge in [-0.3, -0.25) is 0 Å². The molecule has 0 saturated heterocycles. The lowest BCUT2D eigenvalue weighted by molar-refractivity contribution is 0.350. The van der Waals surface area contributed by atoms with Crippen molar-refractivity contribution < 1.29 is 14.2 Å². The summed E-state index contributed by atoms with van der Waals surface area (Å²) in [4.78, 5) is 3.25. The van der Waals surface area contributed by atoms with E-state index in [2.05, 4.69) is 9.72 Å². The molecule has 1 aromatic heterocycles. The van der Waals surface area contributed by atoms with Gasteiger partial charge in [0.2, 0.25) is 5.95 Å². The van der Waals surface area contributed by atoms with Gasteiger partial charge in [0, 0.05) is 0 Å². The second-order valence-corrected chi connectivity index (χ2v) is 1.66. The summed E-state index contributed by atoms with van der Waals surface area (Å²) >= 11 is 0. The van der Waals surface area contributed by atoms with E-state index in [4.69, 9.17) is 5.11 Å². The number of methoxy groups -OCH3 is 1. The van der Waals surface area contributed by atoms with Crippen LogP contribution >= 0.6 is 0 Å². The zero-order chi connectivity index (χ0) is 7.56. The monoisotopic (exact) mass is 143 g/mol. The lowest BCUT2D eigenvalue weighted by atomic mass is 10.4. The molecule has 0 fully saturated rings. The van der Waals surface area contributed by atoms with Crippen LogP contribution in [0, 0.1) is 5.95 Å². The molecule has 10 heavy (non-hydrogen) atoms. The molecule has 0 spiro atoms. The molecule has 1 rings (SSSR count). The first kappa shape index (κ1) is 6.80. The third-order valence-electron chi connectivity index (χ3n) is 1.000. The van der Waals surface area contributed by atoms with Crippen molar-refractivity contribution in [1.82, 2.24) is 4.98 Å². The maximum absolute atomic E-state index is 12.2. The van der Waals surface area contributed by atoms with Gasteiger partial charge in [-0.15, -0.1) is 0 Å². The molecule has 1 N–H and O–H groups in total. The van der Waals surface area contributed by atoms with E-state index < -0.39 is 5.95 Å². The third-order valence-corrected chi connectivity index (χ3v) is 1.000. The summed E-state index contributed by atoms with van der Waals surface area (Å²) in [6.45, 7) is 0. The maximum Gasteiger partial charge on any atom is 0.259 e. The first-order chi connectivity index (χ1) is 4.74. The minimum absolute atomic E-state index is 0.0972. The molecule has 4 heteroatoms. The lowest BCUT2D eigenvalue weighted by Gasteiger charge is -1.99. The van der Waals surface area contributed by atoms with Crippen molar-refractivity contribution in [3.05, 3.63) is 18.1 Å². The van der Waals surface area contributed by atoms with E-state index in [1.807, 2.05) is 0 Å². The molecule has 0 aliphatic rings. The van der Waals surface area contributed by atoms with E-state index in [-0.39, 0.29) is 11.6 Å². The zero-order valence-corrected chi connectivity index (χ0v) is 5.34. The predicted octanol–water partition coefficient (Wildman–Crippen LogP) is 0.935. The molecule has 0 bridgehead atoms. The van der Waals surface area contributed by atoms with E-state index in [0.717, 1.165) is 6.07 Å². The van der Waals surface area contributed by atoms with Crippen molar-refractivity contribution in [3.8, 4) is 11.6 Å². The molecule has 0 aliphatic carbocycles. The van der Waals surface area contributed by atoms with Crippen LogP contribution in [-0.4, -0.2) is 17.2 Å². The average molecular weight is 143 g/mol. The third kappa shape index (κ3) is 1.15. The molecule has 0 unspecified atom stereocenters. The predicted molar refractivity (Wildman–Crippen MR) is 32.4 cm³/mol. The fourth-order valence-electron chi connectivity index (χ4n) is 0.561. The summed E-state index contributed by atoms with van der Waals surface area (Å²) < 4.78 is 16.8. The Kier molecular flexibility index (Phi) is 1.71. The molecule has 0 radical (unpaired) electrons. The van der Waals surface area contributed by atoms with Crippen LogP contribution in [0.25, 0.3) is 0 Å². The lowest BCUT2D eigenvalue weighted by Crippen LogP contribution is -1.89. The molecule has 0 amide bonds. The highest BCUT2D eigenvalue weighted by Gasteiger charge is 2.02. The summed E-state index contributed by atoms with van der Waals surface area (Å²) in [5, 5.41) is 8.88. The average Bonchev–Trinajstić information content (AvgIpc) is 1.94. The first-order valence-corrected chi connectivity index (χ1v) is 2.63. The van der Waals surface area contributed by atoms with Crippen LogP contribution in [0.4, 0.5) is 4.39 Å². The van der Waals surface area contributed by atoms with Crippen LogP contribution in [0.15, 0.2) is 12.1 Å². The van der Waals surface area contributed by atoms with Gasteiger partial charge in [0.05, 0.1) is 7.11 Å². The van der Waals surface area contributed by atoms with Gasteiger partial charge in [0.15, 0.2) is 5.75 Å². The summed E-state index contributed by atoms with van der Waals surface area (Å²) in [5.74, 6) is -0.932. The van der Waals surface area contributed by atoms with Gasteiger partial charge in [-0.1, -0.05) is 0 Å². The maximum atomic E-state index is 12.2. The van der Waals surface area contributed by atoms with Gasteiger partial charge in [-0.05, 0) is 12.1 Å². The van der Waals surface area contributed by atoms with Crippen LogP contribution in [0.2, 0.25) is 0 Å². The van der Waals surface area contributed by atoms with Crippen LogP contribution in [0.3, 0.4) is 0 Å². The molecule has 1 heterocycles. The van der Waals surface area contributed by atoms with Gasteiger partial charge in [0.1, 0.15) is 0 Å². The van der Waals surface area contributed by atoms with Crippen LogP contribution in [-0.2, 0) is 0 Å². The van der Waals surface area contributed by atoms with E-state index in [9.17, 15) is 4.39 Å². The van der Waals surface area contributed by atoms with Gasteiger partial charge in [-0.2, -0.15) is 9.37 Å². The molecule has 54 valence electrons. The molecule has 0 saturated carbocycles. The molecule has 0 aromatic carbocycles. The largest absolute Gasteiger partial charge is 0.503 e. The summed E-state index contributed by atoms with van der Waals surface area (Å²) in [7, 11) is 1.31. The Morgan fingerprint density at radius 1 is 1.60 bits per heavy atom. The van der Waals surface area contributed by atoms with E-state index in [1.165, 1.54) is 13.2 Å². The number of pyridine rings is 1. The van der Waals surface area contributed by atoms with E-state index in [1.54, 1.807) is 0 Å². The van der Waals surface area contributed by atoms with Crippen molar-refractivity contribution in [2.45, 2.75) is 0 Å². The van der Waals surface area contributed by atoms with Crippen molar-refractivity contribution in [2.75, 3.05) is 7.11 Å². The second kappa shape index (κ2) is 2.51. The Hall–Kier alpha value is -1.32. The second-order valence-electron chi connectivity index (χ2n) is 1.66. The quantitative estimate of drug-likeness (QED) is 0.595. The van der Waals surface area contributed by atoms with Crippen LogP contribution in [0.1, 0.15) is 0 Å². The van der Waals surface area contributed by atoms with Crippen LogP contribution in [0.5, 0.6) is 11.6 Å². The fraction of sp³-hybridized carbons (Fsp3) is 0.167. The van der Waals surface area contributed by atoms with Crippen molar-refractivity contribution >= 4 is 0 Å². The molecule has 0 atom stereocenters. The highest BCUT2D eigenvalue weighted by Crippen LogP contribution is 2.21. The Bertz CT molecular complexity index is 239. The zero-order valence-electron chi connectivity index (χ0n) is 5.34. The van der Waals surface area contributed by atoms with Gasteiger partial charge in [0.25, 0.3) is 5.88 Å². The Balaban J connectivity index is 3.09. The number of hydrogen-bond acceptors (Lipinski definition) is 3. The van der Waals surface area contributed by atoms with Crippen molar-refractivity contribution in [2.24, 2.45) is 0 Å². The molecule has 1 aromatic rings. The Morgan fingerprint density at radius 2 is 2.30 bits per heavy atom. The summed E-state index contributed by atoms with van der Waals surface area (Å²) in [6, 6.07) is 2.24. The van der Waals surface area contributed by atoms with Crippen molar-refractivity contribution in [1.29, 1.82) is 0 Å². The summed E-state index contributed by atoms with van der Waals surface area (Å²) in [6.07, 6.45) is 0. The Morgan fingerprint density at radius 3 is 2.80 bits per heavy atom. The highest BCUT2D eigenvalue weighted by molar-refractivity contribution is 5.30. The first-order valence-electron chi connectivity index (χ1n) is 2.63. The van der Waals surface area contributed by atoms with Gasteiger partial charge < -0.3 is 9.84 Å². The van der Waals surface area contributed by atoms with Crippen molar-refractivity contribution in [3.63, 3.8) is 0 Å². The number of aromatic nitrogens is 1. The minimum Gasteiger partial charge on any atom is -0.503 e. The molecule has 3 nitrogen and oxygen atoms in total. The highest BCUT2D eigenvalue weighted by atomic mass is 19.1. The number of aromatic hydroxyl groups is 1. The SMILES string of the molecule is COc1nc(F)ccc1O. The fourth-order valence-corrected chi connectivity index (χ4v) is 0.561. The van der Waals surface area contributed by atoms with Gasteiger partial charge in [-0.25, -0.2) is 0 Å². The standard InChI is InChI=1S/C6H6FNO2/c1-10-6-4(9)2-3-5(7)8-6/h2-3,9H,1H3. The van der Waals surface area contributed by atoms with E-state index in [0.29, 0.717) is 0 Å². The molecular weight excluding hydrogens is 137 g/mol. The van der Waals surface area contributed by atoms with E-state index >= 15 is 0 Å². The molecule has 0 aliphatic heterocycles.